The number of anilines is 3. The van der Waals surface area contributed by atoms with Gasteiger partial charge < -0.3 is 18.9 Å². The lowest BCUT2D eigenvalue weighted by molar-refractivity contribution is -0.119. The monoisotopic (exact) mass is 542 g/mol. The van der Waals surface area contributed by atoms with Crippen LogP contribution in [0, 0.1) is 23.1 Å². The van der Waals surface area contributed by atoms with Crippen LogP contribution >= 0.6 is 0 Å². The van der Waals surface area contributed by atoms with Crippen molar-refractivity contribution in [2.75, 3.05) is 31.1 Å². The molecule has 2 aromatic carbocycles. The summed E-state index contributed by atoms with van der Waals surface area (Å²) in [6.07, 6.45) is 3.83. The number of aromatic nitrogens is 3. The summed E-state index contributed by atoms with van der Waals surface area (Å²) in [7, 11) is 6.76. The molecular weight excluding hydrogens is 511 g/mol. The van der Waals surface area contributed by atoms with Crippen molar-refractivity contribution in [1.82, 2.24) is 14.5 Å². The van der Waals surface area contributed by atoms with Crippen LogP contribution in [0.15, 0.2) is 42.7 Å². The molecule has 2 aromatic heterocycles. The summed E-state index contributed by atoms with van der Waals surface area (Å²) in [5.74, 6) is 1.42. The molecule has 1 aliphatic rings. The maximum absolute atomic E-state index is 15.4. The Morgan fingerprint density at radius 2 is 1.95 bits per heavy atom. The minimum Gasteiger partial charge on any atom is -0.497 e. The van der Waals surface area contributed by atoms with Gasteiger partial charge in [-0.1, -0.05) is 6.92 Å². The fourth-order valence-corrected chi connectivity index (χ4v) is 4.90. The molecule has 206 valence electrons. The van der Waals surface area contributed by atoms with Crippen LogP contribution in [-0.4, -0.2) is 41.7 Å². The molecule has 1 saturated carbocycles. The Balaban J connectivity index is 1.66. The van der Waals surface area contributed by atoms with Gasteiger partial charge in [-0.15, -0.1) is 0 Å². The average Bonchev–Trinajstić information content (AvgIpc) is 3.76. The normalized spacial score (nSPS) is 12.7. The van der Waals surface area contributed by atoms with Gasteiger partial charge in [0.1, 0.15) is 28.7 Å². The van der Waals surface area contributed by atoms with Gasteiger partial charge in [0.05, 0.1) is 49.9 Å². The number of rotatable bonds is 9. The van der Waals surface area contributed by atoms with Crippen molar-refractivity contribution in [2.24, 2.45) is 13.0 Å². The zero-order chi connectivity index (χ0) is 28.6. The SMILES string of the molecule is CCc1cc(C#N)cc(F)c1N(C)c1cc2c(ncn2C)c(N(Cc2ccc(OC)cc2OC)C(=O)C2CC2)n1. The summed E-state index contributed by atoms with van der Waals surface area (Å²) in [6.45, 7) is 2.12. The van der Waals surface area contributed by atoms with E-state index < -0.39 is 5.82 Å². The average molecular weight is 543 g/mol. The van der Waals surface area contributed by atoms with Crippen molar-refractivity contribution in [3.05, 3.63) is 65.2 Å². The Hall–Kier alpha value is -4.65. The van der Waals surface area contributed by atoms with E-state index in [4.69, 9.17) is 14.5 Å². The van der Waals surface area contributed by atoms with Gasteiger partial charge in [0.2, 0.25) is 5.91 Å². The van der Waals surface area contributed by atoms with Gasteiger partial charge in [0.25, 0.3) is 0 Å². The molecule has 5 rings (SSSR count). The van der Waals surface area contributed by atoms with Crippen molar-refractivity contribution in [2.45, 2.75) is 32.7 Å². The van der Waals surface area contributed by atoms with Gasteiger partial charge in [-0.3, -0.25) is 9.69 Å². The lowest BCUT2D eigenvalue weighted by Gasteiger charge is -2.27. The number of hydrogen-bond donors (Lipinski definition) is 0. The molecule has 0 bridgehead atoms. The number of fused-ring (bicyclic) bond motifs is 1. The Morgan fingerprint density at radius 3 is 2.60 bits per heavy atom. The summed E-state index contributed by atoms with van der Waals surface area (Å²) in [5, 5.41) is 9.34. The number of aryl methyl sites for hydroxylation is 2. The molecule has 40 heavy (non-hydrogen) atoms. The predicted molar refractivity (Wildman–Crippen MR) is 151 cm³/mol. The topological polar surface area (TPSA) is 96.5 Å². The van der Waals surface area contributed by atoms with Crippen molar-refractivity contribution >= 4 is 34.3 Å². The molecule has 0 unspecified atom stereocenters. The van der Waals surface area contributed by atoms with Gasteiger partial charge in [0, 0.05) is 37.7 Å². The summed E-state index contributed by atoms with van der Waals surface area (Å²) >= 11 is 0. The number of halogens is 1. The Kier molecular flexibility index (Phi) is 7.30. The van der Waals surface area contributed by atoms with Gasteiger partial charge in [-0.05, 0) is 49.1 Å². The van der Waals surface area contributed by atoms with Crippen molar-refractivity contribution in [1.29, 1.82) is 5.26 Å². The number of ether oxygens (including phenoxy) is 2. The molecule has 0 N–H and O–H groups in total. The van der Waals surface area contributed by atoms with E-state index in [1.165, 1.54) is 6.07 Å². The van der Waals surface area contributed by atoms with Gasteiger partial charge in [0.15, 0.2) is 5.82 Å². The van der Waals surface area contributed by atoms with Crippen LogP contribution in [0.25, 0.3) is 11.0 Å². The van der Waals surface area contributed by atoms with E-state index in [0.717, 1.165) is 23.9 Å². The van der Waals surface area contributed by atoms with Crippen LogP contribution in [-0.2, 0) is 24.8 Å². The van der Waals surface area contributed by atoms with Crippen LogP contribution in [0.2, 0.25) is 0 Å². The standard InChI is InChI=1S/C30H31FN6O3/c1-6-19-11-18(15-32)12-23(31)28(19)36(3)26-14-24-27(33-17-35(24)2)29(34-26)37(30(38)20-7-8-20)16-21-9-10-22(39-4)13-25(21)40-5/h9-14,17,20H,6-8,16H2,1-5H3. The van der Waals surface area contributed by atoms with Crippen molar-refractivity contribution < 1.29 is 18.7 Å². The van der Waals surface area contributed by atoms with Crippen molar-refractivity contribution in [3.8, 4) is 17.6 Å². The smallest absolute Gasteiger partial charge is 0.231 e. The molecular formula is C30H31FN6O3. The van der Waals surface area contributed by atoms with E-state index in [0.29, 0.717) is 46.3 Å². The third kappa shape index (κ3) is 4.91. The second kappa shape index (κ2) is 10.8. The van der Waals surface area contributed by atoms with E-state index in [1.807, 2.05) is 42.8 Å². The lowest BCUT2D eigenvalue weighted by Crippen LogP contribution is -2.33. The van der Waals surface area contributed by atoms with Crippen LogP contribution in [0.1, 0.15) is 36.5 Å². The zero-order valence-corrected chi connectivity index (χ0v) is 23.2. The first-order valence-electron chi connectivity index (χ1n) is 13.1. The molecule has 0 saturated heterocycles. The molecule has 0 spiro atoms. The quantitative estimate of drug-likeness (QED) is 0.284. The molecule has 0 atom stereocenters. The molecule has 9 nitrogen and oxygen atoms in total. The highest BCUT2D eigenvalue weighted by Crippen LogP contribution is 2.39. The summed E-state index contributed by atoms with van der Waals surface area (Å²) < 4.78 is 28.2. The minimum absolute atomic E-state index is 0.0454. The van der Waals surface area contributed by atoms with Crippen LogP contribution < -0.4 is 19.3 Å². The molecule has 4 aromatic rings. The third-order valence-electron chi connectivity index (χ3n) is 7.28. The van der Waals surface area contributed by atoms with Crippen LogP contribution in [0.4, 0.5) is 21.7 Å². The molecule has 1 fully saturated rings. The molecule has 0 radical (unpaired) electrons. The lowest BCUT2D eigenvalue weighted by atomic mass is 10.1. The largest absolute Gasteiger partial charge is 0.497 e. The van der Waals surface area contributed by atoms with E-state index in [-0.39, 0.29) is 23.9 Å². The number of nitrogens with zero attached hydrogens (tertiary/aromatic N) is 6. The number of hydrogen-bond acceptors (Lipinski definition) is 7. The number of methoxy groups -OCH3 is 2. The maximum atomic E-state index is 15.4. The van der Waals surface area contributed by atoms with Gasteiger partial charge >= 0.3 is 0 Å². The number of pyridine rings is 1. The highest BCUT2D eigenvalue weighted by atomic mass is 19.1. The van der Waals surface area contributed by atoms with E-state index in [2.05, 4.69) is 4.98 Å². The van der Waals surface area contributed by atoms with Crippen molar-refractivity contribution in [3.63, 3.8) is 0 Å². The second-order valence-corrected chi connectivity index (χ2v) is 9.89. The number of benzene rings is 2. The zero-order valence-electron chi connectivity index (χ0n) is 23.2. The highest BCUT2D eigenvalue weighted by molar-refractivity contribution is 6.02. The predicted octanol–water partition coefficient (Wildman–Crippen LogP) is 5.27. The summed E-state index contributed by atoms with van der Waals surface area (Å²) in [4.78, 5) is 26.6. The van der Waals surface area contributed by atoms with E-state index in [1.54, 1.807) is 49.5 Å². The fraction of sp³-hybridized carbons (Fsp3) is 0.333. The van der Waals surface area contributed by atoms with Crippen LogP contribution in [0.5, 0.6) is 11.5 Å². The van der Waals surface area contributed by atoms with Crippen LogP contribution in [0.3, 0.4) is 0 Å². The van der Waals surface area contributed by atoms with Gasteiger partial charge in [-0.2, -0.15) is 5.26 Å². The summed E-state index contributed by atoms with van der Waals surface area (Å²) in [5.41, 5.74) is 3.37. The second-order valence-electron chi connectivity index (χ2n) is 9.89. The Bertz CT molecular complexity index is 1640. The molecule has 0 aliphatic heterocycles. The minimum atomic E-state index is -0.513. The first kappa shape index (κ1) is 26.9. The maximum Gasteiger partial charge on any atom is 0.231 e. The number of imidazole rings is 1. The molecule has 10 heteroatoms. The van der Waals surface area contributed by atoms with Gasteiger partial charge in [-0.25, -0.2) is 14.4 Å². The Labute approximate surface area is 232 Å². The molecule has 2 heterocycles. The number of carbonyl (C=O) groups is 1. The Morgan fingerprint density at radius 1 is 1.18 bits per heavy atom. The summed E-state index contributed by atoms with van der Waals surface area (Å²) in [6, 6.07) is 12.2. The molecule has 1 amide bonds. The number of nitriles is 1. The highest BCUT2D eigenvalue weighted by Gasteiger charge is 2.36. The third-order valence-corrected chi connectivity index (χ3v) is 7.28. The van der Waals surface area contributed by atoms with E-state index in [9.17, 15) is 10.1 Å². The molecule has 1 aliphatic carbocycles. The fourth-order valence-electron chi connectivity index (χ4n) is 4.90. The number of carbonyl (C=O) groups excluding carboxylic acids is 1. The van der Waals surface area contributed by atoms with E-state index >= 15 is 4.39 Å². The first-order valence-corrected chi connectivity index (χ1v) is 13.1. The first-order chi connectivity index (χ1) is 19.3. The number of amides is 1.